The van der Waals surface area contributed by atoms with E-state index < -0.39 is 10.8 Å². The summed E-state index contributed by atoms with van der Waals surface area (Å²) in [6.45, 7) is 9.22. The molecule has 0 N–H and O–H groups in total. The van der Waals surface area contributed by atoms with Gasteiger partial charge in [0.25, 0.3) is 0 Å². The van der Waals surface area contributed by atoms with E-state index in [1.807, 2.05) is 24.3 Å². The van der Waals surface area contributed by atoms with Crippen molar-refractivity contribution in [1.29, 1.82) is 0 Å². The average Bonchev–Trinajstić information content (AvgIpc) is 1.50. The lowest BCUT2D eigenvalue weighted by Gasteiger charge is -2.34. The molecule has 4 aliphatic rings. The van der Waals surface area contributed by atoms with Crippen LogP contribution in [0.1, 0.15) is 329 Å². The molecule has 0 saturated carbocycles. The number of aryl methyl sites for hydroxylation is 4. The van der Waals surface area contributed by atoms with Gasteiger partial charge >= 0.3 is 0 Å². The number of benzene rings is 5. The number of carbonyl (C=O) groups is 2. The van der Waals surface area contributed by atoms with E-state index in [0.717, 1.165) is 25.7 Å². The van der Waals surface area contributed by atoms with E-state index in [-0.39, 0.29) is 11.6 Å². The molecule has 2 spiro atoms. The van der Waals surface area contributed by atoms with Crippen LogP contribution in [0.3, 0.4) is 0 Å². The number of rotatable bonds is 46. The maximum atomic E-state index is 13.7. The molecule has 5 aromatic carbocycles. The lowest BCUT2D eigenvalue weighted by Crippen LogP contribution is -2.26. The quantitative estimate of drug-likeness (QED) is 0.0364. The Morgan fingerprint density at radius 3 is 0.739 bits per heavy atom. The second-order valence-electron chi connectivity index (χ2n) is 29.0. The Labute approximate surface area is 561 Å². The molecule has 0 amide bonds. The molecule has 0 bridgehead atoms. The van der Waals surface area contributed by atoms with E-state index in [1.54, 1.807) is 0 Å². The van der Waals surface area contributed by atoms with Gasteiger partial charge in [-0.05, 0) is 165 Å². The van der Waals surface area contributed by atoms with Gasteiger partial charge in [-0.2, -0.15) is 0 Å². The van der Waals surface area contributed by atoms with E-state index in [0.29, 0.717) is 0 Å². The van der Waals surface area contributed by atoms with Crippen molar-refractivity contribution >= 4 is 11.6 Å². The summed E-state index contributed by atoms with van der Waals surface area (Å²) < 4.78 is 0. The smallest absolute Gasteiger partial charge is 0.178 e. The number of unbranched alkanes of at least 4 members (excludes halogenated alkanes) is 36. The van der Waals surface area contributed by atoms with E-state index in [2.05, 4.69) is 137 Å². The van der Waals surface area contributed by atoms with E-state index in [1.165, 1.54) is 346 Å². The summed E-state index contributed by atoms with van der Waals surface area (Å²) in [6.07, 6.45) is 74.1. The fourth-order valence-electron chi connectivity index (χ4n) is 16.3. The summed E-state index contributed by atoms with van der Waals surface area (Å²) in [5.41, 5.74) is 19.4. The maximum absolute atomic E-state index is 13.7. The van der Waals surface area contributed by atoms with Gasteiger partial charge in [-0.15, -0.1) is 0 Å². The molecule has 0 atom stereocenters. The maximum Gasteiger partial charge on any atom is 0.178 e. The molecule has 0 unspecified atom stereocenters. The van der Waals surface area contributed by atoms with Gasteiger partial charge < -0.3 is 0 Å². The summed E-state index contributed by atoms with van der Waals surface area (Å²) in [7, 11) is 0. The third-order valence-corrected chi connectivity index (χ3v) is 21.7. The van der Waals surface area contributed by atoms with Gasteiger partial charge in [-0.3, -0.25) is 9.59 Å². The number of hydrogen-bond acceptors (Lipinski definition) is 2. The minimum atomic E-state index is -0.685. The largest absolute Gasteiger partial charge is 0.290 e. The first kappa shape index (κ1) is 70.7. The van der Waals surface area contributed by atoms with Crippen LogP contribution in [0.15, 0.2) is 134 Å². The van der Waals surface area contributed by atoms with Crippen molar-refractivity contribution in [1.82, 2.24) is 0 Å². The van der Waals surface area contributed by atoms with Gasteiger partial charge in [0.05, 0.1) is 10.8 Å². The molecule has 0 heterocycles. The van der Waals surface area contributed by atoms with Crippen LogP contribution in [0.25, 0.3) is 44.5 Å². The summed E-state index contributed by atoms with van der Waals surface area (Å²) in [6, 6.07) is 34.4. The lowest BCUT2D eigenvalue weighted by molar-refractivity contribution is -0.111. The Kier molecular flexibility index (Phi) is 29.3. The van der Waals surface area contributed by atoms with Crippen LogP contribution in [0, 0.1) is 0 Å². The summed E-state index contributed by atoms with van der Waals surface area (Å²) in [5.74, 6) is 0.0940. The van der Waals surface area contributed by atoms with Gasteiger partial charge in [0, 0.05) is 0 Å². The average molecular weight is 1240 g/mol. The molecule has 2 nitrogen and oxygen atoms in total. The van der Waals surface area contributed by atoms with Gasteiger partial charge in [0.1, 0.15) is 0 Å². The lowest BCUT2D eigenvalue weighted by atomic mass is 9.67. The van der Waals surface area contributed by atoms with Crippen molar-refractivity contribution < 1.29 is 9.59 Å². The van der Waals surface area contributed by atoms with Crippen LogP contribution < -0.4 is 0 Å². The van der Waals surface area contributed by atoms with Gasteiger partial charge in [0.15, 0.2) is 11.6 Å². The highest BCUT2D eigenvalue weighted by Crippen LogP contribution is 2.66. The zero-order valence-electron chi connectivity index (χ0n) is 58.6. The van der Waals surface area contributed by atoms with Crippen LogP contribution in [0.5, 0.6) is 0 Å². The van der Waals surface area contributed by atoms with E-state index in [9.17, 15) is 9.59 Å². The molecule has 2 heteroatoms. The Hall–Kier alpha value is -5.60. The van der Waals surface area contributed by atoms with Crippen molar-refractivity contribution in [3.63, 3.8) is 0 Å². The first-order chi connectivity index (χ1) is 45.4. The Morgan fingerprint density at radius 2 is 0.478 bits per heavy atom. The highest BCUT2D eigenvalue weighted by molar-refractivity contribution is 6.12. The minimum Gasteiger partial charge on any atom is -0.290 e. The second kappa shape index (κ2) is 38.1. The van der Waals surface area contributed by atoms with E-state index in [4.69, 9.17) is 0 Å². The van der Waals surface area contributed by atoms with Gasteiger partial charge in [0.2, 0.25) is 0 Å². The monoisotopic (exact) mass is 1230 g/mol. The number of fused-ring (bicyclic) bond motifs is 10. The molecule has 4 aliphatic carbocycles. The highest BCUT2D eigenvalue weighted by Gasteiger charge is 2.51. The third kappa shape index (κ3) is 18.9. The highest BCUT2D eigenvalue weighted by atomic mass is 16.1. The summed E-state index contributed by atoms with van der Waals surface area (Å²) in [5, 5.41) is 0. The summed E-state index contributed by atoms with van der Waals surface area (Å²) in [4.78, 5) is 27.4. The zero-order chi connectivity index (χ0) is 64.1. The molecule has 5 aromatic rings. The standard InChI is InChI=1S/C90H122O2/c1-5-9-13-17-21-25-29-33-37-41-45-71-49-55-75(56-50-71)83-85-79-59-53-73(47-43-39-35-31-27-23-19-15-11-7-3)69-81(79)90(67-63-78(92)64-68-90)88(85)84(76-57-51-72(52-58-76)46-42-38-34-30-26-22-18-14-10-6-2)86-80-60-54-74(48-44-40-36-32-28-24-20-16-12-8-4)70-82(80)89(87(83)86)65-61-77(91)62-66-89/h49-70H,5-48H2,1-4H3. The molecule has 9 rings (SSSR count). The van der Waals surface area contributed by atoms with Gasteiger partial charge in [-0.25, -0.2) is 0 Å². The van der Waals surface area contributed by atoms with Crippen molar-refractivity contribution in [3.05, 3.63) is 178 Å². The molecular weight excluding hydrogens is 1110 g/mol. The molecular formula is C90H122O2. The Balaban J connectivity index is 1.13. The van der Waals surface area contributed by atoms with Crippen LogP contribution in [-0.2, 0) is 46.1 Å². The second-order valence-corrected chi connectivity index (χ2v) is 29.0. The SMILES string of the molecule is CCCCCCCCCCCCc1ccc(-c2c3c(c(-c4ccc(CCCCCCCCCCCC)cc4)c4c2C2(C=CC(=O)C=C2)c2cc(CCCCCCCCCCCC)ccc2-4)C2(C=CC(=O)C=C2)c2cc(CCCCCCCCCCCC)ccc2-3)cc1. The first-order valence-corrected chi connectivity index (χ1v) is 38.9. The van der Waals surface area contributed by atoms with Crippen LogP contribution in [0.2, 0.25) is 0 Å². The fraction of sp³-hybridized carbons (Fsp3) is 0.556. The molecule has 0 aromatic heterocycles. The summed E-state index contributed by atoms with van der Waals surface area (Å²) >= 11 is 0. The number of ketones is 2. The number of carbonyl (C=O) groups excluding carboxylic acids is 2. The van der Waals surface area contributed by atoms with Crippen LogP contribution in [-0.4, -0.2) is 11.6 Å². The predicted molar refractivity (Wildman–Crippen MR) is 399 cm³/mol. The van der Waals surface area contributed by atoms with Crippen LogP contribution in [0.4, 0.5) is 0 Å². The molecule has 0 radical (unpaired) electrons. The Bertz CT molecular complexity index is 2940. The fourth-order valence-corrected chi connectivity index (χ4v) is 16.3. The van der Waals surface area contributed by atoms with Crippen LogP contribution >= 0.6 is 0 Å². The minimum absolute atomic E-state index is 0.0470. The van der Waals surface area contributed by atoms with Crippen molar-refractivity contribution in [2.24, 2.45) is 0 Å². The van der Waals surface area contributed by atoms with Gasteiger partial charge in [-0.1, -0.05) is 368 Å². The Morgan fingerprint density at radius 1 is 0.250 bits per heavy atom. The molecule has 494 valence electrons. The van der Waals surface area contributed by atoms with Crippen molar-refractivity contribution in [2.45, 2.75) is 321 Å². The predicted octanol–water partition coefficient (Wildman–Crippen LogP) is 26.8. The van der Waals surface area contributed by atoms with Crippen molar-refractivity contribution in [2.75, 3.05) is 0 Å². The topological polar surface area (TPSA) is 34.1 Å². The molecule has 92 heavy (non-hydrogen) atoms. The third-order valence-electron chi connectivity index (χ3n) is 21.7. The normalized spacial score (nSPS) is 14.5. The number of hydrogen-bond donors (Lipinski definition) is 0. The van der Waals surface area contributed by atoms with E-state index >= 15 is 0 Å². The molecule has 0 aliphatic heterocycles. The molecule has 0 fully saturated rings. The number of allylic oxidation sites excluding steroid dienone is 8. The molecule has 0 saturated heterocycles. The van der Waals surface area contributed by atoms with Crippen molar-refractivity contribution in [3.8, 4) is 44.5 Å². The first-order valence-electron chi connectivity index (χ1n) is 38.9. The zero-order valence-corrected chi connectivity index (χ0v) is 58.6.